The normalized spacial score (nSPS) is 16.9. The van der Waals surface area contributed by atoms with Gasteiger partial charge in [-0.05, 0) is 124 Å². The molecule has 0 atom stereocenters. The van der Waals surface area contributed by atoms with E-state index in [9.17, 15) is 13.2 Å². The molecule has 0 saturated heterocycles. The largest absolute Gasteiger partial charge is 0.509 e. The summed E-state index contributed by atoms with van der Waals surface area (Å²) < 4.78 is 44.9. The molecule has 0 aliphatic carbocycles. The average molecular weight is 1810 g/mol. The van der Waals surface area contributed by atoms with Crippen LogP contribution in [0.5, 0.6) is 0 Å². The summed E-state index contributed by atoms with van der Waals surface area (Å²) in [6.07, 6.45) is -1.37. The molecule has 16 aromatic carbocycles. The highest BCUT2D eigenvalue weighted by Gasteiger charge is 2.55. The molecule has 692 valence electrons. The van der Waals surface area contributed by atoms with Crippen molar-refractivity contribution in [2.45, 2.75) is 74.1 Å². The minimum Gasteiger partial charge on any atom is -0.509 e. The number of nitrogens with zero attached hydrogens (tertiary/aromatic N) is 4. The number of quaternary nitrogens is 4. The van der Waals surface area contributed by atoms with Crippen LogP contribution in [0.1, 0.15) is 96.5 Å². The molecule has 4 aliphatic rings. The maximum atomic E-state index is 13.9. The second kappa shape index (κ2) is 40.2. The number of aryl methyl sites for hydroxylation is 4. The van der Waals surface area contributed by atoms with Gasteiger partial charge < -0.3 is 17.6 Å². The van der Waals surface area contributed by atoms with E-state index in [4.69, 9.17) is 0 Å². The molecule has 16 aromatic rings. The number of halogens is 3. The Kier molecular flexibility index (Phi) is 28.0. The Morgan fingerprint density at radius 1 is 0.167 bits per heavy atom. The quantitative estimate of drug-likeness (QED) is 0.0846. The van der Waals surface area contributed by atoms with Crippen LogP contribution in [-0.4, -0.2) is 125 Å². The molecule has 0 N–H and O–H groups in total. The summed E-state index contributed by atoms with van der Waals surface area (Å²) in [5.74, 6) is -0.883. The smallest absolute Gasteiger partial charge is 0.291 e. The van der Waals surface area contributed by atoms with E-state index in [2.05, 4.69) is 457 Å². The summed E-state index contributed by atoms with van der Waals surface area (Å²) in [5, 5.41) is 0. The van der Waals surface area contributed by atoms with Crippen molar-refractivity contribution in [3.8, 4) is 33.4 Å². The fourth-order valence-electron chi connectivity index (χ4n) is 25.3. The van der Waals surface area contributed by atoms with Crippen molar-refractivity contribution in [3.63, 3.8) is 0 Å². The van der Waals surface area contributed by atoms with Gasteiger partial charge in [-0.25, -0.2) is 13.2 Å². The Morgan fingerprint density at radius 3 is 0.623 bits per heavy atom. The van der Waals surface area contributed by atoms with E-state index in [1.807, 2.05) is 36.4 Å². The van der Waals surface area contributed by atoms with Crippen molar-refractivity contribution in [2.75, 3.05) is 82.6 Å². The number of hydrogen-bond donors (Lipinski definition) is 0. The lowest BCUT2D eigenvalue weighted by Gasteiger charge is -2.61. The maximum Gasteiger partial charge on any atom is 0.291 e. The van der Waals surface area contributed by atoms with Crippen molar-refractivity contribution in [1.29, 1.82) is 0 Å². The summed E-state index contributed by atoms with van der Waals surface area (Å²) in [6, 6.07) is 151. The van der Waals surface area contributed by atoms with Gasteiger partial charge in [0.2, 0.25) is 0 Å². The van der Waals surface area contributed by atoms with Gasteiger partial charge in [0, 0.05) is 108 Å². The SMILES string of the molecule is CC1=C(c2ccc(C)cc2)[B-](c2ccc(C)cc2)(c2ccc(C)cc2)[N+](C)(C)CC1.CC1=C(c2ccc(F)cc2)[B-](c2ccc(F)cc2)(c2ccc(F)cc2)[N+](C)(C)CC1.CC1=C(c2ccccc2)[B-](c2ccccc2)(c2ccccc2)[N+](C)(C)CC1.Cc1ccc(C2=C(c3ccc(-c4ccccc4)cc3)[B-](c3ccc(-c4ccccc4)cc3)(c3ccc(-c4ccccc4)cc3)[N+](C)(C)CC2)cc1. The fraction of sp³-hybridized carbons (Fsp3) is 0.181. The summed E-state index contributed by atoms with van der Waals surface area (Å²) in [6.45, 7) is 19.7. The van der Waals surface area contributed by atoms with E-state index < -0.39 is 25.1 Å². The second-order valence-electron chi connectivity index (χ2n) is 42.0. The van der Waals surface area contributed by atoms with Gasteiger partial charge in [-0.3, -0.25) is 0 Å². The van der Waals surface area contributed by atoms with Crippen LogP contribution in [-0.2, 0) is 0 Å². The summed E-state index contributed by atoms with van der Waals surface area (Å²) in [7, 11) is 18.9. The third-order valence-electron chi connectivity index (χ3n) is 32.4. The van der Waals surface area contributed by atoms with Crippen molar-refractivity contribution in [2.24, 2.45) is 0 Å². The van der Waals surface area contributed by atoms with E-state index in [0.717, 1.165) is 87.0 Å². The van der Waals surface area contributed by atoms with Crippen LogP contribution < -0.4 is 43.7 Å². The molecule has 0 amide bonds. The molecule has 0 spiro atoms. The van der Waals surface area contributed by atoms with Gasteiger partial charge in [0.25, 0.3) is 25.1 Å². The first-order valence-electron chi connectivity index (χ1n) is 49.5. The maximum absolute atomic E-state index is 13.9. The first-order chi connectivity index (χ1) is 66.5. The topological polar surface area (TPSA) is 0 Å². The van der Waals surface area contributed by atoms with Crippen LogP contribution in [0.15, 0.2) is 441 Å². The van der Waals surface area contributed by atoms with Gasteiger partial charge in [-0.15, -0.1) is 65.6 Å². The lowest BCUT2D eigenvalue weighted by molar-refractivity contribution is -0.787. The van der Waals surface area contributed by atoms with Gasteiger partial charge in [-0.2, -0.15) is 0 Å². The Balaban J connectivity index is 0.000000132. The molecule has 0 unspecified atom stereocenters. The number of rotatable bonds is 16. The van der Waals surface area contributed by atoms with E-state index in [1.165, 1.54) is 186 Å². The molecule has 0 radical (unpaired) electrons. The minimum atomic E-state index is -1.65. The molecule has 4 nitrogen and oxygen atoms in total. The van der Waals surface area contributed by atoms with Crippen LogP contribution in [0.4, 0.5) is 13.2 Å². The van der Waals surface area contributed by atoms with Crippen LogP contribution in [0.3, 0.4) is 0 Å². The molecule has 0 fully saturated rings. The molecule has 138 heavy (non-hydrogen) atoms. The Morgan fingerprint density at radius 2 is 0.333 bits per heavy atom. The first kappa shape index (κ1) is 96.1. The minimum absolute atomic E-state index is 0.289. The zero-order valence-corrected chi connectivity index (χ0v) is 83.3. The number of benzene rings is 16. The van der Waals surface area contributed by atoms with Gasteiger partial charge in [0.1, 0.15) is 17.5 Å². The zero-order chi connectivity index (χ0) is 96.8. The van der Waals surface area contributed by atoms with Crippen LogP contribution >= 0.6 is 0 Å². The second-order valence-corrected chi connectivity index (χ2v) is 42.0. The van der Waals surface area contributed by atoms with E-state index >= 15 is 0 Å². The number of hydrogen-bond acceptors (Lipinski definition) is 0. The van der Waals surface area contributed by atoms with Gasteiger partial charge in [-0.1, -0.05) is 455 Å². The molecule has 4 heterocycles. The van der Waals surface area contributed by atoms with Gasteiger partial charge in [0.15, 0.2) is 0 Å². The molecule has 20 rings (SSSR count). The summed E-state index contributed by atoms with van der Waals surface area (Å²) >= 11 is 0. The molecular formula is C127H131B4F3N4. The highest BCUT2D eigenvalue weighted by molar-refractivity contribution is 7.13. The van der Waals surface area contributed by atoms with Crippen LogP contribution in [0.25, 0.3) is 60.8 Å². The highest BCUT2D eigenvalue weighted by atomic mass is 19.1. The van der Waals surface area contributed by atoms with Gasteiger partial charge >= 0.3 is 0 Å². The third-order valence-corrected chi connectivity index (χ3v) is 32.4. The molecule has 0 saturated carbocycles. The lowest BCUT2D eigenvalue weighted by Crippen LogP contribution is -2.79. The van der Waals surface area contributed by atoms with Crippen LogP contribution in [0.2, 0.25) is 0 Å². The molecular weight excluding hydrogens is 1680 g/mol. The van der Waals surface area contributed by atoms with Crippen molar-refractivity contribution < 1.29 is 30.7 Å². The molecule has 4 aliphatic heterocycles. The predicted octanol–water partition coefficient (Wildman–Crippen LogP) is 24.7. The first-order valence-corrected chi connectivity index (χ1v) is 49.5. The molecule has 11 heteroatoms. The summed E-state index contributed by atoms with van der Waals surface area (Å²) in [5.41, 5.74) is 40.6. The zero-order valence-electron chi connectivity index (χ0n) is 83.3. The summed E-state index contributed by atoms with van der Waals surface area (Å²) in [4.78, 5) is 0. The van der Waals surface area contributed by atoms with Crippen molar-refractivity contribution >= 4 is 96.3 Å². The standard InChI is InChI=1S/C49H44BN.C28H34BN.C25H25BF3N.C25H28BN/c1-37-19-21-44(22-20-37)48-35-36-51(2,3)50(46-31-27-42(28-32-46)39-15-9-5-10-16-39,47-33-29-43(30-34-47)40-17-11-6-12-18-40)49(48)45-25-23-41(24-26-45)38-13-7-4-8-14-38;1-21-7-13-25(14-8-21)28-24(4)19-20-30(5,6)29(28,26-15-9-22(2)10-16-26)27-17-11-23(3)12-18-27;1-18-16-17-30(2,3)26(20-6-12-23(28)13-7-20,21-8-14-24(29)15-9-21)25(18)19-4-10-22(27)11-5-19;1-21-19-20-27(2,3)26(23-15-9-5-10-16-23,24-17-11-6-12-18-24)25(21)22-13-7-4-8-14-22/h4-34H,35-36H2,1-3H3;7-18H,19-20H2,1-6H3;4-15H,16-17H2,1-3H3;4-18H,19-20H2,1-3H3. The van der Waals surface area contributed by atoms with E-state index in [-0.39, 0.29) is 17.5 Å². The van der Waals surface area contributed by atoms with Crippen molar-refractivity contribution in [1.82, 2.24) is 0 Å². The Labute approximate surface area is 820 Å². The fourth-order valence-corrected chi connectivity index (χ4v) is 25.3. The van der Waals surface area contributed by atoms with Crippen molar-refractivity contribution in [3.05, 3.63) is 509 Å². The van der Waals surface area contributed by atoms with E-state index in [1.54, 1.807) is 0 Å². The molecule has 0 aromatic heterocycles. The van der Waals surface area contributed by atoms with Crippen LogP contribution in [0, 0.1) is 45.1 Å². The monoisotopic (exact) mass is 1810 g/mol. The molecule has 0 bridgehead atoms. The average Bonchev–Trinajstić information content (AvgIpc) is 0.741. The lowest BCUT2D eigenvalue weighted by atomic mass is 9.19. The predicted molar refractivity (Wildman–Crippen MR) is 590 cm³/mol. The van der Waals surface area contributed by atoms with E-state index in [0.29, 0.717) is 4.39 Å². The third kappa shape index (κ3) is 18.2. The Bertz CT molecular complexity index is 6640. The van der Waals surface area contributed by atoms with Gasteiger partial charge in [0.05, 0.1) is 0 Å². The Hall–Kier alpha value is -13.6. The highest BCUT2D eigenvalue weighted by Crippen LogP contribution is 2.48.